The Balaban J connectivity index is 2.29. The third kappa shape index (κ3) is 5.60. The largest absolute Gasteiger partial charge is 0.507 e. The van der Waals surface area contributed by atoms with Gasteiger partial charge in [-0.1, -0.05) is 72.8 Å². The highest BCUT2D eigenvalue weighted by molar-refractivity contribution is 6.23. The lowest BCUT2D eigenvalue weighted by molar-refractivity contribution is -0.139. The molecule has 0 radical (unpaired) electrons. The fourth-order valence-corrected chi connectivity index (χ4v) is 2.18. The lowest BCUT2D eigenvalue weighted by Gasteiger charge is -2.05. The van der Waals surface area contributed by atoms with Crippen LogP contribution in [-0.2, 0) is 14.3 Å². The Morgan fingerprint density at radius 2 is 1.38 bits per heavy atom. The minimum absolute atomic E-state index is 0.105. The van der Waals surface area contributed by atoms with E-state index in [-0.39, 0.29) is 6.61 Å². The van der Waals surface area contributed by atoms with Gasteiger partial charge in [0.15, 0.2) is 5.78 Å². The van der Waals surface area contributed by atoms with E-state index in [1.54, 1.807) is 19.1 Å². The number of hydrogen-bond acceptors (Lipinski definition) is 4. The van der Waals surface area contributed by atoms with E-state index in [0.717, 1.165) is 11.1 Å². The number of hydrogen-bond donors (Lipinski definition) is 1. The predicted molar refractivity (Wildman–Crippen MR) is 102 cm³/mol. The number of carbonyl (C=O) groups excluding carboxylic acids is 2. The van der Waals surface area contributed by atoms with E-state index in [1.807, 2.05) is 60.7 Å². The number of esters is 1. The molecule has 0 spiro atoms. The monoisotopic (exact) mass is 348 g/mol. The van der Waals surface area contributed by atoms with Crippen molar-refractivity contribution in [1.29, 1.82) is 0 Å². The normalized spacial score (nSPS) is 12.2. The summed E-state index contributed by atoms with van der Waals surface area (Å²) in [5.41, 5.74) is 1.24. The summed E-state index contributed by atoms with van der Waals surface area (Å²) in [5, 5.41) is 10.3. The topological polar surface area (TPSA) is 63.6 Å². The van der Waals surface area contributed by atoms with Crippen LogP contribution in [0.2, 0.25) is 0 Å². The molecule has 26 heavy (non-hydrogen) atoms. The molecule has 2 aromatic carbocycles. The van der Waals surface area contributed by atoms with Gasteiger partial charge in [-0.15, -0.1) is 0 Å². The van der Waals surface area contributed by atoms with Gasteiger partial charge in [-0.2, -0.15) is 0 Å². The zero-order valence-electron chi connectivity index (χ0n) is 14.5. The number of aliphatic hydroxyl groups excluding tert-OH is 1. The molecule has 0 aliphatic heterocycles. The van der Waals surface area contributed by atoms with Crippen LogP contribution in [0.3, 0.4) is 0 Å². The van der Waals surface area contributed by atoms with E-state index < -0.39 is 23.1 Å². The zero-order chi connectivity index (χ0) is 18.8. The molecule has 0 aliphatic carbocycles. The zero-order valence-corrected chi connectivity index (χ0v) is 14.5. The number of ether oxygens (including phenoxy) is 1. The standard InChI is InChI=1S/C22H20O4/c1-2-26-22(25)21(19(23)15-13-17-9-5-3-6-10-17)20(24)16-14-18-11-7-4-8-12-18/h3-16,23H,2H2,1H3/b15-13+,16-14+,21-19+. The molecule has 1 N–H and O–H groups in total. The van der Waals surface area contributed by atoms with E-state index in [4.69, 9.17) is 4.74 Å². The highest BCUT2D eigenvalue weighted by Crippen LogP contribution is 2.12. The number of carbonyl (C=O) groups is 2. The molecule has 0 atom stereocenters. The maximum absolute atomic E-state index is 12.4. The molecule has 2 aromatic rings. The van der Waals surface area contributed by atoms with Crippen molar-refractivity contribution in [3.63, 3.8) is 0 Å². The summed E-state index contributed by atoms with van der Waals surface area (Å²) in [6, 6.07) is 18.4. The Morgan fingerprint density at radius 1 is 0.885 bits per heavy atom. The Kier molecular flexibility index (Phi) is 7.13. The second kappa shape index (κ2) is 9.79. The summed E-state index contributed by atoms with van der Waals surface area (Å²) in [6.07, 6.45) is 5.75. The molecule has 0 heterocycles. The predicted octanol–water partition coefficient (Wildman–Crippen LogP) is 4.36. The first kappa shape index (κ1) is 18.9. The summed E-state index contributed by atoms with van der Waals surface area (Å²) in [7, 11) is 0. The number of benzene rings is 2. The second-order valence-electron chi connectivity index (χ2n) is 5.33. The Labute approximate surface area is 152 Å². The van der Waals surface area contributed by atoms with Crippen molar-refractivity contribution in [2.75, 3.05) is 6.61 Å². The van der Waals surface area contributed by atoms with Crippen molar-refractivity contribution in [1.82, 2.24) is 0 Å². The average Bonchev–Trinajstić information content (AvgIpc) is 2.67. The smallest absolute Gasteiger partial charge is 0.345 e. The van der Waals surface area contributed by atoms with Crippen LogP contribution in [-0.4, -0.2) is 23.5 Å². The van der Waals surface area contributed by atoms with Crippen molar-refractivity contribution < 1.29 is 19.4 Å². The van der Waals surface area contributed by atoms with Gasteiger partial charge in [0.05, 0.1) is 6.61 Å². The van der Waals surface area contributed by atoms with Crippen LogP contribution in [0.4, 0.5) is 0 Å². The molecule has 0 saturated heterocycles. The second-order valence-corrected chi connectivity index (χ2v) is 5.33. The molecule has 0 unspecified atom stereocenters. The quantitative estimate of drug-likeness (QED) is 0.202. The van der Waals surface area contributed by atoms with Crippen LogP contribution in [0, 0.1) is 0 Å². The van der Waals surface area contributed by atoms with E-state index in [0.29, 0.717) is 0 Å². The van der Waals surface area contributed by atoms with Gasteiger partial charge in [0, 0.05) is 0 Å². The van der Waals surface area contributed by atoms with Crippen molar-refractivity contribution in [2.24, 2.45) is 0 Å². The molecule has 132 valence electrons. The Morgan fingerprint density at radius 3 is 1.88 bits per heavy atom. The van der Waals surface area contributed by atoms with Gasteiger partial charge in [0.25, 0.3) is 0 Å². The molecule has 0 aliphatic rings. The van der Waals surface area contributed by atoms with Gasteiger partial charge in [0.2, 0.25) is 0 Å². The van der Waals surface area contributed by atoms with Gasteiger partial charge >= 0.3 is 5.97 Å². The third-order valence-corrected chi connectivity index (χ3v) is 3.44. The molecule has 0 amide bonds. The average molecular weight is 348 g/mol. The van der Waals surface area contributed by atoms with Crippen molar-refractivity contribution in [2.45, 2.75) is 6.92 Å². The third-order valence-electron chi connectivity index (χ3n) is 3.44. The molecule has 4 nitrogen and oxygen atoms in total. The lowest BCUT2D eigenvalue weighted by atomic mass is 10.1. The minimum atomic E-state index is -0.856. The van der Waals surface area contributed by atoms with Gasteiger partial charge in [-0.25, -0.2) is 4.79 Å². The molecular formula is C22H20O4. The SMILES string of the molecule is CCOC(=O)/C(C(=O)/C=C/c1ccccc1)=C(O)\C=C\c1ccccc1. The number of allylic oxidation sites excluding steroid dienone is 2. The van der Waals surface area contributed by atoms with Crippen molar-refractivity contribution >= 4 is 23.9 Å². The highest BCUT2D eigenvalue weighted by atomic mass is 16.5. The molecule has 2 rings (SSSR count). The number of aliphatic hydroxyl groups is 1. The first-order chi connectivity index (χ1) is 12.6. The van der Waals surface area contributed by atoms with Gasteiger partial charge in [0.1, 0.15) is 11.3 Å². The number of ketones is 1. The molecule has 0 saturated carbocycles. The fraction of sp³-hybridized carbons (Fsp3) is 0.0909. The molecular weight excluding hydrogens is 328 g/mol. The van der Waals surface area contributed by atoms with Crippen LogP contribution in [0.15, 0.2) is 84.1 Å². The van der Waals surface area contributed by atoms with E-state index in [9.17, 15) is 14.7 Å². The first-order valence-electron chi connectivity index (χ1n) is 8.22. The summed E-state index contributed by atoms with van der Waals surface area (Å²) in [5.74, 6) is -1.91. The first-order valence-corrected chi connectivity index (χ1v) is 8.22. The molecule has 4 heteroatoms. The van der Waals surface area contributed by atoms with Crippen LogP contribution in [0.1, 0.15) is 18.1 Å². The van der Waals surface area contributed by atoms with Crippen LogP contribution in [0.25, 0.3) is 12.2 Å². The van der Waals surface area contributed by atoms with E-state index in [2.05, 4.69) is 0 Å². The van der Waals surface area contributed by atoms with Crippen LogP contribution < -0.4 is 0 Å². The van der Waals surface area contributed by atoms with Gasteiger partial charge < -0.3 is 9.84 Å². The maximum Gasteiger partial charge on any atom is 0.345 e. The summed E-state index contributed by atoms with van der Waals surface area (Å²) in [4.78, 5) is 24.6. The summed E-state index contributed by atoms with van der Waals surface area (Å²) >= 11 is 0. The van der Waals surface area contributed by atoms with E-state index >= 15 is 0 Å². The summed E-state index contributed by atoms with van der Waals surface area (Å²) in [6.45, 7) is 1.74. The lowest BCUT2D eigenvalue weighted by Crippen LogP contribution is -2.16. The molecule has 0 fully saturated rings. The number of rotatable bonds is 7. The van der Waals surface area contributed by atoms with Gasteiger partial charge in [-0.3, -0.25) is 4.79 Å². The molecule has 0 aromatic heterocycles. The van der Waals surface area contributed by atoms with Crippen molar-refractivity contribution in [3.05, 3.63) is 95.3 Å². The van der Waals surface area contributed by atoms with Crippen LogP contribution in [0.5, 0.6) is 0 Å². The highest BCUT2D eigenvalue weighted by Gasteiger charge is 2.21. The fourth-order valence-electron chi connectivity index (χ4n) is 2.18. The van der Waals surface area contributed by atoms with Gasteiger partial charge in [-0.05, 0) is 30.2 Å². The Bertz CT molecular complexity index is 831. The summed E-state index contributed by atoms with van der Waals surface area (Å²) < 4.78 is 4.90. The van der Waals surface area contributed by atoms with Crippen LogP contribution >= 0.6 is 0 Å². The van der Waals surface area contributed by atoms with E-state index in [1.165, 1.54) is 12.2 Å². The Hall–Kier alpha value is -3.40. The minimum Gasteiger partial charge on any atom is -0.507 e. The van der Waals surface area contributed by atoms with Crippen molar-refractivity contribution in [3.8, 4) is 0 Å². The molecule has 0 bridgehead atoms. The maximum atomic E-state index is 12.4.